The van der Waals surface area contributed by atoms with Crippen molar-refractivity contribution >= 4 is 23.9 Å². The number of nitrogens with one attached hydrogen (secondary N) is 1. The number of anilines is 1. The summed E-state index contributed by atoms with van der Waals surface area (Å²) in [5, 5.41) is 32.0. The van der Waals surface area contributed by atoms with E-state index in [9.17, 15) is 24.2 Å². The number of carbonyl (C=O) groups is 2. The van der Waals surface area contributed by atoms with Gasteiger partial charge in [0, 0.05) is 17.5 Å². The molecule has 1 aliphatic rings. The van der Waals surface area contributed by atoms with Gasteiger partial charge in [-0.05, 0) is 66.1 Å². The SMILES string of the molecule is CC(C)c1nc2c(c(-c3ccc(F)cc3)c1/C=C/[C@@H](O)C[C@@H](O)CC(=O)O)CCCc1nc(NC(N)=O)ccc1-2. The minimum Gasteiger partial charge on any atom is -0.481 e. The highest BCUT2D eigenvalue weighted by molar-refractivity contribution is 5.88. The highest BCUT2D eigenvalue weighted by Gasteiger charge is 2.26. The second kappa shape index (κ2) is 12.4. The van der Waals surface area contributed by atoms with Crippen molar-refractivity contribution in [2.75, 3.05) is 5.32 Å². The number of aliphatic hydroxyl groups excluding tert-OH is 2. The summed E-state index contributed by atoms with van der Waals surface area (Å²) in [7, 11) is 0. The first-order chi connectivity index (χ1) is 19.0. The van der Waals surface area contributed by atoms with E-state index in [2.05, 4.69) is 10.3 Å². The monoisotopic (exact) mass is 548 g/mol. The topological polar surface area (TPSA) is 159 Å². The Balaban J connectivity index is 1.90. The fraction of sp³-hybridized carbons (Fsp3) is 0.333. The lowest BCUT2D eigenvalue weighted by atomic mass is 9.86. The number of carboxylic acid groups (broad SMARTS) is 1. The Morgan fingerprint density at radius 2 is 1.82 bits per heavy atom. The van der Waals surface area contributed by atoms with Crippen molar-refractivity contribution in [3.63, 3.8) is 0 Å². The summed E-state index contributed by atoms with van der Waals surface area (Å²) in [6, 6.07) is 9.07. The third-order valence-corrected chi connectivity index (χ3v) is 6.77. The number of nitrogens with two attached hydrogens (primary N) is 1. The fourth-order valence-corrected chi connectivity index (χ4v) is 5.06. The van der Waals surface area contributed by atoms with E-state index in [0.717, 1.165) is 51.3 Å². The number of amides is 2. The number of pyridine rings is 2. The number of hydrogen-bond donors (Lipinski definition) is 5. The van der Waals surface area contributed by atoms with Gasteiger partial charge in [0.2, 0.25) is 0 Å². The molecular weight excluding hydrogens is 515 g/mol. The smallest absolute Gasteiger partial charge is 0.317 e. The molecule has 2 atom stereocenters. The quantitative estimate of drug-likeness (QED) is 0.260. The molecule has 2 aromatic heterocycles. The van der Waals surface area contributed by atoms with E-state index in [1.165, 1.54) is 18.2 Å². The van der Waals surface area contributed by atoms with E-state index >= 15 is 0 Å². The first kappa shape index (κ1) is 28.8. The van der Waals surface area contributed by atoms with Crippen molar-refractivity contribution in [1.82, 2.24) is 9.97 Å². The number of aliphatic carboxylic acids is 1. The van der Waals surface area contributed by atoms with Crippen LogP contribution in [0.3, 0.4) is 0 Å². The zero-order valence-corrected chi connectivity index (χ0v) is 22.4. The van der Waals surface area contributed by atoms with Gasteiger partial charge in [0.25, 0.3) is 0 Å². The standard InChI is InChI=1S/C30H33FN4O5/c1-16(2)28-23(11-10-19(36)14-20(37)15-26(38)39)27(17-6-8-18(31)9-7-17)22-4-3-5-24-21(29(22)35-28)12-13-25(33-24)34-30(32)40/h6-13,16,19-20,36-37H,3-5,14-15H2,1-2H3,(H,38,39)(H3,32,33,34,40)/b11-10+/t19-,20-/m1/s1. The lowest BCUT2D eigenvalue weighted by Gasteiger charge is -2.22. The highest BCUT2D eigenvalue weighted by atomic mass is 19.1. The third kappa shape index (κ3) is 6.70. The van der Waals surface area contributed by atoms with Crippen LogP contribution in [0.5, 0.6) is 0 Å². The molecule has 210 valence electrons. The Morgan fingerprint density at radius 3 is 2.48 bits per heavy atom. The molecule has 0 fully saturated rings. The molecule has 0 saturated carbocycles. The predicted molar refractivity (Wildman–Crippen MR) is 150 cm³/mol. The van der Waals surface area contributed by atoms with Crippen molar-refractivity contribution in [2.24, 2.45) is 5.73 Å². The predicted octanol–water partition coefficient (Wildman–Crippen LogP) is 4.65. The number of rotatable bonds is 9. The van der Waals surface area contributed by atoms with Crippen LogP contribution < -0.4 is 11.1 Å². The summed E-state index contributed by atoms with van der Waals surface area (Å²) in [6.45, 7) is 4.01. The minimum absolute atomic E-state index is 0.0330. The summed E-state index contributed by atoms with van der Waals surface area (Å²) < 4.78 is 13.9. The van der Waals surface area contributed by atoms with Crippen molar-refractivity contribution < 1.29 is 29.3 Å². The number of fused-ring (bicyclic) bond motifs is 3. The fourth-order valence-electron chi connectivity index (χ4n) is 5.06. The van der Waals surface area contributed by atoms with Gasteiger partial charge in [-0.3, -0.25) is 15.1 Å². The Kier molecular flexibility index (Phi) is 8.91. The van der Waals surface area contributed by atoms with Crippen LogP contribution in [-0.2, 0) is 17.6 Å². The molecule has 4 rings (SSSR count). The molecule has 10 heteroatoms. The minimum atomic E-state index is -1.19. The van der Waals surface area contributed by atoms with E-state index in [1.807, 2.05) is 19.9 Å². The van der Waals surface area contributed by atoms with E-state index in [1.54, 1.807) is 24.3 Å². The maximum absolute atomic E-state index is 13.9. The molecule has 2 heterocycles. The molecule has 1 aliphatic carbocycles. The lowest BCUT2D eigenvalue weighted by Crippen LogP contribution is -2.20. The summed E-state index contributed by atoms with van der Waals surface area (Å²) in [6.07, 6.45) is 2.45. The number of benzene rings is 1. The summed E-state index contributed by atoms with van der Waals surface area (Å²) in [4.78, 5) is 32.0. The zero-order valence-electron chi connectivity index (χ0n) is 22.4. The number of aromatic nitrogens is 2. The number of aliphatic hydroxyl groups is 2. The number of halogens is 1. The van der Waals surface area contributed by atoms with E-state index in [0.29, 0.717) is 18.7 Å². The van der Waals surface area contributed by atoms with Crippen LogP contribution in [0.1, 0.15) is 61.5 Å². The maximum atomic E-state index is 13.9. The van der Waals surface area contributed by atoms with E-state index < -0.39 is 30.6 Å². The molecule has 2 amide bonds. The number of nitrogens with zero attached hydrogens (tertiary/aromatic N) is 2. The molecule has 9 nitrogen and oxygen atoms in total. The Morgan fingerprint density at radius 1 is 1.10 bits per heavy atom. The number of carboxylic acids is 1. The lowest BCUT2D eigenvalue weighted by molar-refractivity contribution is -0.139. The molecule has 0 spiro atoms. The van der Waals surface area contributed by atoms with Crippen LogP contribution in [0.2, 0.25) is 0 Å². The molecule has 0 unspecified atom stereocenters. The molecule has 6 N–H and O–H groups in total. The number of carbonyl (C=O) groups excluding carboxylic acids is 1. The number of hydrogen-bond acceptors (Lipinski definition) is 6. The largest absolute Gasteiger partial charge is 0.481 e. The van der Waals surface area contributed by atoms with E-state index in [4.69, 9.17) is 15.8 Å². The average molecular weight is 549 g/mol. The van der Waals surface area contributed by atoms with Crippen LogP contribution in [0, 0.1) is 5.82 Å². The Labute approximate surface area is 231 Å². The van der Waals surface area contributed by atoms with Crippen LogP contribution in [0.25, 0.3) is 28.5 Å². The van der Waals surface area contributed by atoms with Gasteiger partial charge in [0.1, 0.15) is 11.6 Å². The van der Waals surface area contributed by atoms with Crippen molar-refractivity contribution in [3.05, 3.63) is 70.8 Å². The molecule has 0 saturated heterocycles. The maximum Gasteiger partial charge on any atom is 0.317 e. The van der Waals surface area contributed by atoms with Crippen molar-refractivity contribution in [3.8, 4) is 22.4 Å². The summed E-state index contributed by atoms with van der Waals surface area (Å²) in [5.41, 5.74) is 11.7. The molecule has 40 heavy (non-hydrogen) atoms. The zero-order chi connectivity index (χ0) is 29.0. The van der Waals surface area contributed by atoms with Gasteiger partial charge in [-0.15, -0.1) is 0 Å². The molecule has 1 aromatic carbocycles. The second-order valence-corrected chi connectivity index (χ2v) is 10.2. The normalized spacial score (nSPS) is 14.3. The van der Waals surface area contributed by atoms with Crippen LogP contribution in [-0.4, -0.2) is 49.5 Å². The van der Waals surface area contributed by atoms with Gasteiger partial charge in [-0.1, -0.05) is 38.1 Å². The molecule has 0 aliphatic heterocycles. The van der Waals surface area contributed by atoms with Crippen LogP contribution in [0.15, 0.2) is 42.5 Å². The molecule has 3 aromatic rings. The Bertz CT molecular complexity index is 1440. The number of primary amides is 1. The number of aryl methyl sites for hydroxylation is 1. The van der Waals surface area contributed by atoms with Gasteiger partial charge in [0.05, 0.1) is 35.7 Å². The highest BCUT2D eigenvalue weighted by Crippen LogP contribution is 2.42. The van der Waals surface area contributed by atoms with Gasteiger partial charge < -0.3 is 21.1 Å². The average Bonchev–Trinajstić information content (AvgIpc) is 3.05. The van der Waals surface area contributed by atoms with Gasteiger partial charge in [0.15, 0.2) is 0 Å². The van der Waals surface area contributed by atoms with Crippen LogP contribution >= 0.6 is 0 Å². The summed E-state index contributed by atoms with van der Waals surface area (Å²) >= 11 is 0. The second-order valence-electron chi connectivity index (χ2n) is 10.2. The molecule has 0 radical (unpaired) electrons. The van der Waals surface area contributed by atoms with Gasteiger partial charge >= 0.3 is 12.0 Å². The van der Waals surface area contributed by atoms with Crippen LogP contribution in [0.4, 0.5) is 15.0 Å². The van der Waals surface area contributed by atoms with Crippen molar-refractivity contribution in [1.29, 1.82) is 0 Å². The Hall–Kier alpha value is -4.15. The first-order valence-electron chi connectivity index (χ1n) is 13.2. The molecular formula is C30H33FN4O5. The summed E-state index contributed by atoms with van der Waals surface area (Å²) in [5.74, 6) is -1.19. The first-order valence-corrected chi connectivity index (χ1v) is 13.2. The van der Waals surface area contributed by atoms with E-state index in [-0.39, 0.29) is 18.2 Å². The van der Waals surface area contributed by atoms with Crippen molar-refractivity contribution in [2.45, 2.75) is 64.1 Å². The molecule has 0 bridgehead atoms. The van der Waals surface area contributed by atoms with Gasteiger partial charge in [-0.25, -0.2) is 14.2 Å². The van der Waals surface area contributed by atoms with Gasteiger partial charge in [-0.2, -0.15) is 0 Å². The number of urea groups is 1. The third-order valence-electron chi connectivity index (χ3n) is 6.77.